The Bertz CT molecular complexity index is 838. The third-order valence-corrected chi connectivity index (χ3v) is 6.60. The van der Waals surface area contributed by atoms with E-state index in [-0.39, 0.29) is 18.7 Å². The highest BCUT2D eigenvalue weighted by Gasteiger charge is 2.39. The molecular formula is C22H37N7O5S. The van der Waals surface area contributed by atoms with Crippen LogP contribution in [0, 0.1) is 0 Å². The molecule has 8 N–H and O–H groups in total. The Kier molecular flexibility index (Phi) is 12.0. The van der Waals surface area contributed by atoms with Gasteiger partial charge in [-0.05, 0) is 57.1 Å². The Balaban J connectivity index is 2.05. The van der Waals surface area contributed by atoms with E-state index >= 15 is 0 Å². The number of nitrogens with one attached hydrogen (secondary N) is 3. The summed E-state index contributed by atoms with van der Waals surface area (Å²) in [6, 6.07) is -3.54. The minimum atomic E-state index is -1.12. The molecule has 4 atom stereocenters. The lowest BCUT2D eigenvalue weighted by Gasteiger charge is -2.30. The maximum Gasteiger partial charge on any atom is 0.326 e. The van der Waals surface area contributed by atoms with Crippen LogP contribution in [0.5, 0.6) is 0 Å². The number of thioether (sulfide) groups is 1. The largest absolute Gasteiger partial charge is 0.480 e. The predicted octanol–water partition coefficient (Wildman–Crippen LogP) is -0.793. The molecule has 2 rings (SSSR count). The van der Waals surface area contributed by atoms with Gasteiger partial charge in [0.15, 0.2) is 0 Å². The number of carboxylic acid groups (broad SMARTS) is 1. The van der Waals surface area contributed by atoms with Crippen LogP contribution in [0.15, 0.2) is 12.5 Å². The van der Waals surface area contributed by atoms with Crippen LogP contribution >= 0.6 is 11.8 Å². The van der Waals surface area contributed by atoms with Gasteiger partial charge < -0.3 is 37.1 Å². The van der Waals surface area contributed by atoms with E-state index in [9.17, 15) is 24.3 Å². The molecule has 0 aromatic carbocycles. The second-order valence-corrected chi connectivity index (χ2v) is 9.59. The van der Waals surface area contributed by atoms with E-state index < -0.39 is 42.0 Å². The molecule has 2 heterocycles. The van der Waals surface area contributed by atoms with Crippen LogP contribution in [0.1, 0.15) is 44.2 Å². The summed E-state index contributed by atoms with van der Waals surface area (Å²) in [5.74, 6) is -1.83. The molecule has 1 aliphatic heterocycles. The normalized spacial score (nSPS) is 18.0. The molecule has 35 heavy (non-hydrogen) atoms. The summed E-state index contributed by atoms with van der Waals surface area (Å²) in [4.78, 5) is 58.9. The summed E-state index contributed by atoms with van der Waals surface area (Å²) in [6.45, 7) is 0.799. The van der Waals surface area contributed by atoms with Crippen molar-refractivity contribution >= 4 is 35.5 Å². The van der Waals surface area contributed by atoms with Crippen molar-refractivity contribution in [3.8, 4) is 0 Å². The molecule has 1 aromatic rings. The number of hydrogen-bond donors (Lipinski definition) is 6. The molecular weight excluding hydrogens is 474 g/mol. The fourth-order valence-electron chi connectivity index (χ4n) is 4.02. The van der Waals surface area contributed by atoms with Gasteiger partial charge in [-0.2, -0.15) is 11.8 Å². The SMILES string of the molecule is CSCCC(NC(=O)C(N)Cc1cnc[nH]1)C(=O)N1CCCC1C(=O)NC(CCCCN)C(=O)O. The van der Waals surface area contributed by atoms with Gasteiger partial charge in [0, 0.05) is 24.9 Å². The first kappa shape index (κ1) is 28.6. The summed E-state index contributed by atoms with van der Waals surface area (Å²) in [5.41, 5.74) is 12.2. The average Bonchev–Trinajstić information content (AvgIpc) is 3.52. The van der Waals surface area contributed by atoms with Crippen molar-refractivity contribution in [3.05, 3.63) is 18.2 Å². The van der Waals surface area contributed by atoms with Gasteiger partial charge in [-0.3, -0.25) is 14.4 Å². The smallest absolute Gasteiger partial charge is 0.326 e. The van der Waals surface area contributed by atoms with Crippen LogP contribution in [-0.2, 0) is 25.6 Å². The minimum absolute atomic E-state index is 0.241. The quantitative estimate of drug-likeness (QED) is 0.163. The number of nitrogens with two attached hydrogens (primary N) is 2. The van der Waals surface area contributed by atoms with Crippen LogP contribution < -0.4 is 22.1 Å². The second kappa shape index (κ2) is 14.7. The summed E-state index contributed by atoms with van der Waals surface area (Å²) in [6.07, 6.45) is 8.13. The number of H-pyrrole nitrogens is 1. The number of aliphatic carboxylic acids is 1. The zero-order valence-electron chi connectivity index (χ0n) is 20.1. The van der Waals surface area contributed by atoms with Crippen LogP contribution in [-0.4, -0.2) is 92.9 Å². The molecule has 1 aromatic heterocycles. The van der Waals surface area contributed by atoms with E-state index in [0.29, 0.717) is 56.6 Å². The second-order valence-electron chi connectivity index (χ2n) is 8.60. The Hall–Kier alpha value is -2.64. The Morgan fingerprint density at radius 1 is 1.26 bits per heavy atom. The van der Waals surface area contributed by atoms with Crippen molar-refractivity contribution in [2.24, 2.45) is 11.5 Å². The molecule has 1 saturated heterocycles. The van der Waals surface area contributed by atoms with Crippen molar-refractivity contribution in [3.63, 3.8) is 0 Å². The molecule has 0 aliphatic carbocycles. The predicted molar refractivity (Wildman–Crippen MR) is 132 cm³/mol. The highest BCUT2D eigenvalue weighted by Crippen LogP contribution is 2.20. The molecule has 12 nitrogen and oxygen atoms in total. The van der Waals surface area contributed by atoms with Crippen molar-refractivity contribution < 1.29 is 24.3 Å². The number of rotatable bonds is 15. The fraction of sp³-hybridized carbons (Fsp3) is 0.682. The Labute approximate surface area is 209 Å². The Morgan fingerprint density at radius 2 is 2.03 bits per heavy atom. The van der Waals surface area contributed by atoms with Gasteiger partial charge in [-0.1, -0.05) is 0 Å². The molecule has 0 bridgehead atoms. The molecule has 4 unspecified atom stereocenters. The lowest BCUT2D eigenvalue weighted by Crippen LogP contribution is -2.57. The molecule has 1 aliphatic rings. The molecule has 0 saturated carbocycles. The number of unbranched alkanes of at least 4 members (excludes halogenated alkanes) is 1. The number of hydrogen-bond acceptors (Lipinski definition) is 8. The summed E-state index contributed by atoms with van der Waals surface area (Å²) in [7, 11) is 0. The summed E-state index contributed by atoms with van der Waals surface area (Å²) >= 11 is 1.54. The van der Waals surface area contributed by atoms with Gasteiger partial charge in [0.2, 0.25) is 17.7 Å². The number of carbonyl (C=O) groups excluding carboxylic acids is 3. The van der Waals surface area contributed by atoms with Crippen molar-refractivity contribution in [2.75, 3.05) is 25.1 Å². The molecule has 1 fully saturated rings. The zero-order valence-corrected chi connectivity index (χ0v) is 20.9. The maximum absolute atomic E-state index is 13.4. The van der Waals surface area contributed by atoms with E-state index in [1.807, 2.05) is 6.26 Å². The van der Waals surface area contributed by atoms with Crippen molar-refractivity contribution in [2.45, 2.75) is 69.1 Å². The topological polar surface area (TPSA) is 197 Å². The van der Waals surface area contributed by atoms with Gasteiger partial charge in [0.05, 0.1) is 12.4 Å². The van der Waals surface area contributed by atoms with Gasteiger partial charge in [-0.15, -0.1) is 0 Å². The average molecular weight is 512 g/mol. The van der Waals surface area contributed by atoms with E-state index in [4.69, 9.17) is 11.5 Å². The lowest BCUT2D eigenvalue weighted by molar-refractivity contribution is -0.145. The number of carbonyl (C=O) groups is 4. The van der Waals surface area contributed by atoms with Crippen LogP contribution in [0.3, 0.4) is 0 Å². The number of amides is 3. The van der Waals surface area contributed by atoms with E-state index in [0.717, 1.165) is 0 Å². The standard InChI is InChI=1S/C22H37N7O5S/c1-35-10-7-16(27-19(30)15(24)11-14-12-25-13-26-14)21(32)29-9-4-6-18(29)20(31)28-17(22(33)34)5-2-3-8-23/h12-13,15-18H,2-11,23-24H2,1H3,(H,25,26)(H,27,30)(H,28,31)(H,33,34). The zero-order chi connectivity index (χ0) is 25.8. The fourth-order valence-corrected chi connectivity index (χ4v) is 4.49. The number of carboxylic acids is 1. The van der Waals surface area contributed by atoms with Crippen LogP contribution in [0.4, 0.5) is 0 Å². The Morgan fingerprint density at radius 3 is 2.66 bits per heavy atom. The van der Waals surface area contributed by atoms with Crippen LogP contribution in [0.2, 0.25) is 0 Å². The monoisotopic (exact) mass is 511 g/mol. The van der Waals surface area contributed by atoms with Gasteiger partial charge in [-0.25, -0.2) is 9.78 Å². The molecule has 196 valence electrons. The number of aromatic amines is 1. The summed E-state index contributed by atoms with van der Waals surface area (Å²) < 4.78 is 0. The third kappa shape index (κ3) is 8.82. The third-order valence-electron chi connectivity index (χ3n) is 5.96. The molecule has 13 heteroatoms. The summed E-state index contributed by atoms with van der Waals surface area (Å²) in [5, 5.41) is 14.8. The van der Waals surface area contributed by atoms with Crippen LogP contribution in [0.25, 0.3) is 0 Å². The van der Waals surface area contributed by atoms with Gasteiger partial charge in [0.25, 0.3) is 0 Å². The number of likely N-dealkylation sites (tertiary alicyclic amines) is 1. The highest BCUT2D eigenvalue weighted by atomic mass is 32.2. The van der Waals surface area contributed by atoms with Crippen molar-refractivity contribution in [1.29, 1.82) is 0 Å². The van der Waals surface area contributed by atoms with E-state index in [1.165, 1.54) is 23.0 Å². The first-order chi connectivity index (χ1) is 16.8. The first-order valence-corrected chi connectivity index (χ1v) is 13.2. The minimum Gasteiger partial charge on any atom is -0.480 e. The molecule has 0 spiro atoms. The first-order valence-electron chi connectivity index (χ1n) is 11.8. The molecule has 0 radical (unpaired) electrons. The van der Waals surface area contributed by atoms with Gasteiger partial charge >= 0.3 is 5.97 Å². The number of imidazole rings is 1. The van der Waals surface area contributed by atoms with E-state index in [2.05, 4.69) is 20.6 Å². The van der Waals surface area contributed by atoms with Crippen molar-refractivity contribution in [1.82, 2.24) is 25.5 Å². The lowest BCUT2D eigenvalue weighted by atomic mass is 10.1. The number of nitrogens with zero attached hydrogens (tertiary/aromatic N) is 2. The number of aromatic nitrogens is 2. The highest BCUT2D eigenvalue weighted by molar-refractivity contribution is 7.98. The maximum atomic E-state index is 13.4. The van der Waals surface area contributed by atoms with Gasteiger partial charge in [0.1, 0.15) is 18.1 Å². The molecule has 3 amide bonds. The van der Waals surface area contributed by atoms with E-state index in [1.54, 1.807) is 6.20 Å².